The van der Waals surface area contributed by atoms with Gasteiger partial charge in [0.05, 0.1) is 24.8 Å². The van der Waals surface area contributed by atoms with Crippen LogP contribution < -0.4 is 14.8 Å². The Kier molecular flexibility index (Phi) is 6.49. The summed E-state index contributed by atoms with van der Waals surface area (Å²) in [5, 5.41) is 4.06. The largest absolute Gasteiger partial charge is 0.490 e. The fourth-order valence-corrected chi connectivity index (χ4v) is 4.34. The van der Waals surface area contributed by atoms with E-state index >= 15 is 0 Å². The summed E-state index contributed by atoms with van der Waals surface area (Å²) >= 11 is 0. The second-order valence-corrected chi connectivity index (χ2v) is 8.18. The number of nitrogens with zero attached hydrogens (tertiary/aromatic N) is 1. The number of ether oxygens (including phenoxy) is 2. The molecule has 0 bridgehead atoms. The van der Waals surface area contributed by atoms with Crippen molar-refractivity contribution < 1.29 is 19.1 Å². The first-order valence-electron chi connectivity index (χ1n) is 11.3. The van der Waals surface area contributed by atoms with Crippen LogP contribution in [0, 0.1) is 0 Å². The highest BCUT2D eigenvalue weighted by molar-refractivity contribution is 6.07. The van der Waals surface area contributed by atoms with Gasteiger partial charge in [0.2, 0.25) is 5.91 Å². The van der Waals surface area contributed by atoms with Crippen molar-refractivity contribution in [3.63, 3.8) is 0 Å². The number of nitrogens with one attached hydrogen (secondary N) is 1. The van der Waals surface area contributed by atoms with Crippen LogP contribution in [0.5, 0.6) is 11.5 Å². The zero-order valence-corrected chi connectivity index (χ0v) is 18.9. The third-order valence-corrected chi connectivity index (χ3v) is 5.97. The zero-order valence-electron chi connectivity index (χ0n) is 18.9. The van der Waals surface area contributed by atoms with Crippen LogP contribution in [0.4, 0.5) is 0 Å². The Morgan fingerprint density at radius 1 is 1.09 bits per heavy atom. The van der Waals surface area contributed by atoms with Gasteiger partial charge in [-0.3, -0.25) is 9.59 Å². The van der Waals surface area contributed by atoms with E-state index in [1.807, 2.05) is 47.9 Å². The molecular weight excluding hydrogens is 404 g/mol. The van der Waals surface area contributed by atoms with E-state index in [0.29, 0.717) is 18.8 Å². The first-order valence-corrected chi connectivity index (χ1v) is 11.3. The Bertz CT molecular complexity index is 1150. The van der Waals surface area contributed by atoms with Crippen LogP contribution in [0.3, 0.4) is 0 Å². The molecule has 0 unspecified atom stereocenters. The second kappa shape index (κ2) is 9.47. The summed E-state index contributed by atoms with van der Waals surface area (Å²) in [5.74, 6) is 1.38. The smallest absolute Gasteiger partial charge is 0.240 e. The van der Waals surface area contributed by atoms with Crippen LogP contribution in [-0.4, -0.2) is 29.5 Å². The average molecular weight is 435 g/mol. The van der Waals surface area contributed by atoms with E-state index in [2.05, 4.69) is 12.2 Å². The Hall–Kier alpha value is -3.28. The van der Waals surface area contributed by atoms with Crippen LogP contribution >= 0.6 is 0 Å². The van der Waals surface area contributed by atoms with Crippen molar-refractivity contribution >= 4 is 22.6 Å². The van der Waals surface area contributed by atoms with Crippen LogP contribution in [0.2, 0.25) is 0 Å². The number of hydrogen-bond donors (Lipinski definition) is 1. The maximum Gasteiger partial charge on any atom is 0.240 e. The maximum absolute atomic E-state index is 13.0. The topological polar surface area (TPSA) is 69.6 Å². The lowest BCUT2D eigenvalue weighted by molar-refractivity contribution is -0.122. The van der Waals surface area contributed by atoms with Gasteiger partial charge in [0, 0.05) is 23.6 Å². The molecule has 0 saturated heterocycles. The highest BCUT2D eigenvalue weighted by atomic mass is 16.5. The summed E-state index contributed by atoms with van der Waals surface area (Å²) in [7, 11) is 0. The second-order valence-electron chi connectivity index (χ2n) is 8.18. The summed E-state index contributed by atoms with van der Waals surface area (Å²) < 4.78 is 13.4. The van der Waals surface area contributed by atoms with Crippen LogP contribution in [-0.2, 0) is 17.8 Å². The SMILES string of the molecule is CCc1cccc2c(C(C)=O)cn(CC(=O)N[C@@H](CC)c3ccc4c(c3)OCCCO4)c12. The van der Waals surface area contributed by atoms with E-state index in [1.54, 1.807) is 13.1 Å². The summed E-state index contributed by atoms with van der Waals surface area (Å²) in [6.07, 6.45) is 4.23. The Morgan fingerprint density at radius 3 is 2.59 bits per heavy atom. The van der Waals surface area contributed by atoms with Gasteiger partial charge < -0.3 is 19.4 Å². The van der Waals surface area contributed by atoms with Crippen molar-refractivity contribution in [3.8, 4) is 11.5 Å². The van der Waals surface area contributed by atoms with E-state index in [-0.39, 0.29) is 24.3 Å². The summed E-state index contributed by atoms with van der Waals surface area (Å²) in [6, 6.07) is 11.7. The Labute approximate surface area is 188 Å². The molecule has 4 rings (SSSR count). The van der Waals surface area contributed by atoms with Gasteiger partial charge >= 0.3 is 0 Å². The highest BCUT2D eigenvalue weighted by Gasteiger charge is 2.20. The minimum Gasteiger partial charge on any atom is -0.490 e. The van der Waals surface area contributed by atoms with Crippen molar-refractivity contribution in [2.24, 2.45) is 0 Å². The molecule has 6 nitrogen and oxygen atoms in total. The molecule has 0 saturated carbocycles. The number of carbonyl (C=O) groups excluding carboxylic acids is 2. The average Bonchev–Trinajstić information content (AvgIpc) is 3.00. The molecule has 168 valence electrons. The standard InChI is InChI=1S/C26H30N2O4/c1-4-18-8-6-9-20-21(17(3)29)15-28(26(18)20)16-25(30)27-22(5-2)19-10-11-23-24(14-19)32-13-7-12-31-23/h6,8-11,14-15,22H,4-5,7,12-13,16H2,1-3H3,(H,27,30)/t22-/m0/s1. The number of aromatic nitrogens is 1. The molecule has 0 radical (unpaired) electrons. The molecule has 1 atom stereocenters. The lowest BCUT2D eigenvalue weighted by Crippen LogP contribution is -2.31. The predicted octanol–water partition coefficient (Wildman–Crippen LogP) is 4.84. The monoisotopic (exact) mass is 434 g/mol. The van der Waals surface area contributed by atoms with Crippen LogP contribution in [0.15, 0.2) is 42.6 Å². The zero-order chi connectivity index (χ0) is 22.7. The van der Waals surface area contributed by atoms with Crippen molar-refractivity contribution in [3.05, 3.63) is 59.3 Å². The Balaban J connectivity index is 1.57. The number of ketones is 1. The number of aryl methyl sites for hydroxylation is 1. The lowest BCUT2D eigenvalue weighted by atomic mass is 10.0. The molecule has 6 heteroatoms. The number of para-hydroxylation sites is 1. The number of rotatable bonds is 7. The third kappa shape index (κ3) is 4.35. The van der Waals surface area contributed by atoms with E-state index in [0.717, 1.165) is 52.8 Å². The molecule has 2 heterocycles. The minimum atomic E-state index is -0.139. The summed E-state index contributed by atoms with van der Waals surface area (Å²) in [5.41, 5.74) is 3.72. The van der Waals surface area contributed by atoms with Gasteiger partial charge in [0.15, 0.2) is 17.3 Å². The maximum atomic E-state index is 13.0. The van der Waals surface area contributed by atoms with E-state index < -0.39 is 0 Å². The van der Waals surface area contributed by atoms with Crippen molar-refractivity contribution in [1.82, 2.24) is 9.88 Å². The fourth-order valence-electron chi connectivity index (χ4n) is 4.34. The normalized spacial score (nSPS) is 14.1. The van der Waals surface area contributed by atoms with Crippen molar-refractivity contribution in [2.45, 2.75) is 52.6 Å². The van der Waals surface area contributed by atoms with E-state index in [1.165, 1.54) is 0 Å². The number of fused-ring (bicyclic) bond motifs is 2. The van der Waals surface area contributed by atoms with Gasteiger partial charge in [-0.15, -0.1) is 0 Å². The summed E-state index contributed by atoms with van der Waals surface area (Å²) in [6.45, 7) is 7.11. The molecule has 0 fully saturated rings. The molecule has 32 heavy (non-hydrogen) atoms. The number of amides is 1. The quantitative estimate of drug-likeness (QED) is 0.541. The van der Waals surface area contributed by atoms with Gasteiger partial charge in [-0.2, -0.15) is 0 Å². The number of carbonyl (C=O) groups is 2. The molecule has 0 aliphatic carbocycles. The Morgan fingerprint density at radius 2 is 1.88 bits per heavy atom. The highest BCUT2D eigenvalue weighted by Crippen LogP contribution is 2.33. The minimum absolute atomic E-state index is 0.000965. The van der Waals surface area contributed by atoms with Crippen LogP contribution in [0.25, 0.3) is 10.9 Å². The molecular formula is C26H30N2O4. The summed E-state index contributed by atoms with van der Waals surface area (Å²) in [4.78, 5) is 25.2. The first kappa shape index (κ1) is 21.9. The van der Waals surface area contributed by atoms with Gasteiger partial charge in [0.25, 0.3) is 0 Å². The number of Topliss-reactive ketones (excluding diaryl/α,β-unsaturated/α-hetero) is 1. The molecule has 3 aromatic rings. The lowest BCUT2D eigenvalue weighted by Gasteiger charge is -2.19. The van der Waals surface area contributed by atoms with Gasteiger partial charge in [-0.1, -0.05) is 38.1 Å². The molecule has 2 aromatic carbocycles. The van der Waals surface area contributed by atoms with E-state index in [9.17, 15) is 9.59 Å². The van der Waals surface area contributed by atoms with Gasteiger partial charge in [-0.25, -0.2) is 0 Å². The van der Waals surface area contributed by atoms with E-state index in [4.69, 9.17) is 9.47 Å². The van der Waals surface area contributed by atoms with Crippen LogP contribution in [0.1, 0.15) is 61.1 Å². The molecule has 1 aliphatic heterocycles. The van der Waals surface area contributed by atoms with Crippen molar-refractivity contribution in [2.75, 3.05) is 13.2 Å². The number of hydrogen-bond acceptors (Lipinski definition) is 4. The fraction of sp³-hybridized carbons (Fsp3) is 0.385. The van der Waals surface area contributed by atoms with Gasteiger partial charge in [0.1, 0.15) is 6.54 Å². The molecule has 1 N–H and O–H groups in total. The molecule has 0 spiro atoms. The third-order valence-electron chi connectivity index (χ3n) is 5.97. The molecule has 1 amide bonds. The van der Waals surface area contributed by atoms with Crippen molar-refractivity contribution in [1.29, 1.82) is 0 Å². The first-order chi connectivity index (χ1) is 15.5. The molecule has 1 aliphatic rings. The van der Waals surface area contributed by atoms with Gasteiger partial charge in [-0.05, 0) is 43.0 Å². The number of benzene rings is 2. The molecule has 1 aromatic heterocycles. The predicted molar refractivity (Wildman–Crippen MR) is 125 cm³/mol.